The second kappa shape index (κ2) is 44.4. The van der Waals surface area contributed by atoms with Crippen LogP contribution < -0.4 is 0 Å². The van der Waals surface area contributed by atoms with E-state index in [-0.39, 0.29) is 0 Å². The zero-order chi connectivity index (χ0) is 79.4. The summed E-state index contributed by atoms with van der Waals surface area (Å²) in [6.07, 6.45) is 40.1. The zero-order valence-electron chi connectivity index (χ0n) is 68.3. The Morgan fingerprint density at radius 2 is 0.393 bits per heavy atom. The van der Waals surface area contributed by atoms with Crippen LogP contribution in [0.15, 0.2) is 406 Å². The van der Waals surface area contributed by atoms with E-state index in [2.05, 4.69) is 388 Å². The van der Waals surface area contributed by atoms with Gasteiger partial charge in [-0.15, -0.1) is 0 Å². The second-order valence-corrected chi connectivity index (χ2v) is 31.3. The number of allylic oxidation sites excluding steroid dienone is 3. The second-order valence-electron chi connectivity index (χ2n) is 31.3. The average Bonchev–Trinajstić information content (AvgIpc) is 1.73. The molecule has 0 N–H and O–H groups in total. The van der Waals surface area contributed by atoms with Crippen LogP contribution in [0.3, 0.4) is 0 Å². The largest absolute Gasteiger partial charge is 0.0839 e. The first kappa shape index (κ1) is 81.1. The van der Waals surface area contributed by atoms with Gasteiger partial charge in [0.25, 0.3) is 0 Å². The van der Waals surface area contributed by atoms with Crippen LogP contribution in [-0.2, 0) is 77.0 Å². The summed E-state index contributed by atoms with van der Waals surface area (Å²) in [6.45, 7) is 0. The molecule has 580 valence electrons. The van der Waals surface area contributed by atoms with Crippen molar-refractivity contribution in [2.24, 2.45) is 0 Å². The number of hydrogen-bond acceptors (Lipinski definition) is 0. The molecule has 0 amide bonds. The highest BCUT2D eigenvalue weighted by molar-refractivity contribution is 5.98. The number of aryl methyl sites for hydroxylation is 8. The van der Waals surface area contributed by atoms with Crippen LogP contribution >= 0.6 is 0 Å². The molecule has 0 nitrogen and oxygen atoms in total. The highest BCUT2D eigenvalue weighted by Crippen LogP contribution is 2.36. The fraction of sp³-hybridized carbons (Fsp3) is 0.179. The standard InChI is InChI=1S/C14H12.C14H10.C13H10.C11H14.C11H12.C10H12.C10H10.C10H8.C9H10.C9H8.C6H6/c2*1-2-6-12-10-14-8-4-3-7-13(14)9-11(12)5-1;1-3-7-12-10(5-1)9-11-6-2-4-8-13(11)12;2*1-2-6-10-8-4-5-9-11(10)7-3-1;3*1-2-6-10-8-4-3-7-9(10)5-1;2*1-2-5-9-7-3-6-8(9)4-1;1-2-4-6-5-3-1/h1-8H,9-10H2;1-10H;1-8H,9H2;4-5,8-9H,1-3,6-7H2;2,4-6,8-9H,1,3,7H2;1-2,5-6H,3-4,7-8H2;1-3,5-7H,4,8H2;1-8H;1-2,4-5H,3,6-7H2;1-6H,7H2;1-6H. The number of rotatable bonds is 0. The van der Waals surface area contributed by atoms with Gasteiger partial charge in [0.15, 0.2) is 0 Å². The molecule has 0 aliphatic heterocycles. The predicted octanol–water partition coefficient (Wildman–Crippen LogP) is 30.6. The molecule has 16 aromatic rings. The van der Waals surface area contributed by atoms with Gasteiger partial charge in [-0.3, -0.25) is 0 Å². The van der Waals surface area contributed by atoms with Gasteiger partial charge < -0.3 is 0 Å². The lowest BCUT2D eigenvalue weighted by Crippen LogP contribution is -2.06. The van der Waals surface area contributed by atoms with Crippen molar-refractivity contribution < 1.29 is 0 Å². The first-order chi connectivity index (χ1) is 58.1. The third-order valence-corrected chi connectivity index (χ3v) is 23.2. The van der Waals surface area contributed by atoms with E-state index in [4.69, 9.17) is 0 Å². The van der Waals surface area contributed by atoms with E-state index in [1.165, 1.54) is 219 Å². The highest BCUT2D eigenvalue weighted by atomic mass is 14.2. The lowest BCUT2D eigenvalue weighted by Gasteiger charge is -2.18. The van der Waals surface area contributed by atoms with Crippen LogP contribution in [0.4, 0.5) is 0 Å². The Labute approximate surface area is 698 Å². The van der Waals surface area contributed by atoms with E-state index < -0.39 is 0 Å². The van der Waals surface area contributed by atoms with Crippen molar-refractivity contribution in [1.82, 2.24) is 0 Å². The maximum atomic E-state index is 2.28. The molecule has 0 spiro atoms. The molecule has 8 aliphatic carbocycles. The van der Waals surface area contributed by atoms with Crippen molar-refractivity contribution in [3.63, 3.8) is 0 Å². The minimum Gasteiger partial charge on any atom is -0.0839 e. The molecular formula is C117H112. The molecule has 0 unspecified atom stereocenters. The van der Waals surface area contributed by atoms with E-state index >= 15 is 0 Å². The van der Waals surface area contributed by atoms with Gasteiger partial charge in [0.2, 0.25) is 0 Å². The molecule has 0 radical (unpaired) electrons. The van der Waals surface area contributed by atoms with Gasteiger partial charge in [0.05, 0.1) is 0 Å². The Kier molecular flexibility index (Phi) is 30.8. The van der Waals surface area contributed by atoms with Crippen molar-refractivity contribution in [3.8, 4) is 11.1 Å². The summed E-state index contributed by atoms with van der Waals surface area (Å²) in [5.41, 5.74) is 29.8. The van der Waals surface area contributed by atoms with Crippen LogP contribution in [0.5, 0.6) is 0 Å². The third-order valence-electron chi connectivity index (χ3n) is 23.2. The number of hydrogen-bond donors (Lipinski definition) is 0. The van der Waals surface area contributed by atoms with Crippen LogP contribution in [0, 0.1) is 0 Å². The Balaban J connectivity index is 0.000000107. The molecular weight excluding hydrogens is 1410 g/mol. The van der Waals surface area contributed by atoms with Crippen molar-refractivity contribution in [3.05, 3.63) is 507 Å². The van der Waals surface area contributed by atoms with Gasteiger partial charge in [0.1, 0.15) is 0 Å². The van der Waals surface area contributed by atoms with Crippen LogP contribution in [0.25, 0.3) is 61.7 Å². The first-order valence-electron chi connectivity index (χ1n) is 43.1. The zero-order valence-corrected chi connectivity index (χ0v) is 68.3. The average molecular weight is 1520 g/mol. The Bertz CT molecular complexity index is 5430. The first-order valence-corrected chi connectivity index (χ1v) is 43.1. The quantitative estimate of drug-likeness (QED) is 0.105. The fourth-order valence-electron chi connectivity index (χ4n) is 16.9. The maximum Gasteiger partial charge on any atom is -0.00135 e. The van der Waals surface area contributed by atoms with Crippen LogP contribution in [-0.4, -0.2) is 0 Å². The van der Waals surface area contributed by atoms with Gasteiger partial charge in [-0.25, -0.2) is 0 Å². The summed E-state index contributed by atoms with van der Waals surface area (Å²) in [4.78, 5) is 0. The van der Waals surface area contributed by atoms with E-state index in [9.17, 15) is 0 Å². The Hall–Kier alpha value is -12.5. The lowest BCUT2D eigenvalue weighted by atomic mass is 9.86. The van der Waals surface area contributed by atoms with Gasteiger partial charge in [-0.2, -0.15) is 0 Å². The SMILES string of the molecule is C1=Cc2ccccc2C1.C1=Cc2ccccc2CC1.C1=Cc2ccccc2CCC1.c1ccc2c(c1)CCC2.c1ccc2c(c1)CCCC2.c1ccc2c(c1)CCCCC2.c1ccc2c(c1)Cc1ccccc1-2.c1ccc2c(c1)Cc1ccccc1C2.c1ccc2cc3ccccc3cc2c1.c1ccc2ccccc2c1.c1ccccc1. The number of benzene rings is 16. The van der Waals surface area contributed by atoms with Crippen molar-refractivity contribution >= 4 is 50.5 Å². The molecule has 0 saturated carbocycles. The smallest absolute Gasteiger partial charge is 0.00135 e. The predicted molar refractivity (Wildman–Crippen MR) is 506 cm³/mol. The molecule has 0 heterocycles. The molecule has 24 rings (SSSR count). The molecule has 117 heavy (non-hydrogen) atoms. The highest BCUT2D eigenvalue weighted by Gasteiger charge is 2.17. The van der Waals surface area contributed by atoms with Crippen LogP contribution in [0.1, 0.15) is 158 Å². The number of fused-ring (bicyclic) bond motifs is 14. The summed E-state index contributed by atoms with van der Waals surface area (Å²) in [5.74, 6) is 0. The third kappa shape index (κ3) is 24.3. The van der Waals surface area contributed by atoms with E-state index in [0.29, 0.717) is 0 Å². The monoisotopic (exact) mass is 1520 g/mol. The van der Waals surface area contributed by atoms with Crippen molar-refractivity contribution in [1.29, 1.82) is 0 Å². The van der Waals surface area contributed by atoms with Crippen molar-refractivity contribution in [2.75, 3.05) is 0 Å². The lowest BCUT2D eigenvalue weighted by molar-refractivity contribution is 0.685. The van der Waals surface area contributed by atoms with Crippen molar-refractivity contribution in [2.45, 2.75) is 135 Å². The van der Waals surface area contributed by atoms with E-state index in [1.807, 2.05) is 36.4 Å². The molecule has 16 aromatic carbocycles. The fourth-order valence-corrected chi connectivity index (χ4v) is 16.9. The topological polar surface area (TPSA) is 0 Å². The molecule has 0 saturated heterocycles. The molecule has 0 bridgehead atoms. The van der Waals surface area contributed by atoms with E-state index in [1.54, 1.807) is 33.4 Å². The van der Waals surface area contributed by atoms with Gasteiger partial charge in [-0.1, -0.05) is 419 Å². The van der Waals surface area contributed by atoms with Crippen LogP contribution in [0.2, 0.25) is 0 Å². The normalized spacial score (nSPS) is 13.5. The summed E-state index contributed by atoms with van der Waals surface area (Å²) in [5, 5.41) is 7.87. The summed E-state index contributed by atoms with van der Waals surface area (Å²) in [6, 6.07) is 137. The Morgan fingerprint density at radius 1 is 0.145 bits per heavy atom. The molecule has 0 atom stereocenters. The van der Waals surface area contributed by atoms with Gasteiger partial charge in [-0.05, 0) is 284 Å². The minimum atomic E-state index is 1.10. The minimum absolute atomic E-state index is 1.10. The Morgan fingerprint density at radius 3 is 0.761 bits per heavy atom. The molecule has 0 aromatic heterocycles. The summed E-state index contributed by atoms with van der Waals surface area (Å²) < 4.78 is 0. The summed E-state index contributed by atoms with van der Waals surface area (Å²) in [7, 11) is 0. The summed E-state index contributed by atoms with van der Waals surface area (Å²) >= 11 is 0. The van der Waals surface area contributed by atoms with Gasteiger partial charge >= 0.3 is 0 Å². The van der Waals surface area contributed by atoms with Gasteiger partial charge in [0, 0.05) is 0 Å². The molecule has 0 heteroatoms. The molecule has 0 fully saturated rings. The maximum absolute atomic E-state index is 2.28. The van der Waals surface area contributed by atoms with E-state index in [0.717, 1.165) is 25.7 Å². The molecule has 8 aliphatic rings.